The van der Waals surface area contributed by atoms with Gasteiger partial charge in [-0.25, -0.2) is 18.4 Å². The van der Waals surface area contributed by atoms with Crippen LogP contribution >= 0.6 is 0 Å². The molecule has 1 fully saturated rings. The van der Waals surface area contributed by atoms with Crippen LogP contribution in [0.2, 0.25) is 0 Å². The third kappa shape index (κ3) is 3.20. The quantitative estimate of drug-likeness (QED) is 0.807. The Morgan fingerprint density at radius 1 is 1.13 bits per heavy atom. The summed E-state index contributed by atoms with van der Waals surface area (Å²) in [5.41, 5.74) is 1.93. The number of aromatic nitrogens is 2. The van der Waals surface area contributed by atoms with Gasteiger partial charge < -0.3 is 9.64 Å². The van der Waals surface area contributed by atoms with Gasteiger partial charge in [0.25, 0.3) is 0 Å². The van der Waals surface area contributed by atoms with E-state index in [9.17, 15) is 8.42 Å². The Morgan fingerprint density at radius 2 is 1.83 bits per heavy atom. The van der Waals surface area contributed by atoms with Gasteiger partial charge in [0.05, 0.1) is 24.2 Å². The highest BCUT2D eigenvalue weighted by atomic mass is 32.2. The van der Waals surface area contributed by atoms with Crippen molar-refractivity contribution in [1.29, 1.82) is 0 Å². The molecule has 0 unspecified atom stereocenters. The minimum absolute atomic E-state index is 0.364. The molecule has 23 heavy (non-hydrogen) atoms. The van der Waals surface area contributed by atoms with Crippen molar-refractivity contribution < 1.29 is 13.2 Å². The molecular formula is C15H24N4O3S. The van der Waals surface area contributed by atoms with E-state index in [1.165, 1.54) is 0 Å². The first kappa shape index (κ1) is 16.6. The summed E-state index contributed by atoms with van der Waals surface area (Å²) in [6, 6.07) is 0. The molecule has 7 nitrogen and oxygen atoms in total. The normalized spacial score (nSPS) is 19.9. The smallest absolute Gasteiger partial charge is 0.216 e. The molecular weight excluding hydrogens is 316 g/mol. The average Bonchev–Trinajstić information content (AvgIpc) is 2.54. The molecule has 0 saturated carbocycles. The van der Waals surface area contributed by atoms with E-state index in [0.29, 0.717) is 32.7 Å². The molecule has 8 heteroatoms. The number of rotatable bonds is 3. The zero-order chi connectivity index (χ0) is 16.6. The molecule has 1 aromatic rings. The van der Waals surface area contributed by atoms with Crippen molar-refractivity contribution in [3.8, 4) is 0 Å². The molecule has 3 rings (SSSR count). The predicted octanol–water partition coefficient (Wildman–Crippen LogP) is 0.718. The van der Waals surface area contributed by atoms with E-state index in [2.05, 4.69) is 14.9 Å². The first-order chi connectivity index (χ1) is 10.9. The van der Waals surface area contributed by atoms with Crippen molar-refractivity contribution in [2.75, 3.05) is 37.7 Å². The summed E-state index contributed by atoms with van der Waals surface area (Å²) < 4.78 is 32.0. The van der Waals surface area contributed by atoms with Gasteiger partial charge in [0.2, 0.25) is 10.0 Å². The molecule has 128 valence electrons. The van der Waals surface area contributed by atoms with Gasteiger partial charge >= 0.3 is 0 Å². The van der Waals surface area contributed by atoms with Crippen LogP contribution in [0.4, 0.5) is 5.82 Å². The van der Waals surface area contributed by atoms with E-state index < -0.39 is 15.3 Å². The van der Waals surface area contributed by atoms with Crippen LogP contribution in [-0.2, 0) is 27.7 Å². The second-order valence-corrected chi connectivity index (χ2v) is 8.79. The van der Waals surface area contributed by atoms with E-state index in [4.69, 9.17) is 4.74 Å². The fourth-order valence-electron chi connectivity index (χ4n) is 3.04. The van der Waals surface area contributed by atoms with Crippen molar-refractivity contribution in [1.82, 2.24) is 14.3 Å². The molecule has 3 heterocycles. The van der Waals surface area contributed by atoms with Gasteiger partial charge in [0.15, 0.2) is 0 Å². The second kappa shape index (κ2) is 6.33. The van der Waals surface area contributed by atoms with Crippen LogP contribution in [0.5, 0.6) is 0 Å². The van der Waals surface area contributed by atoms with Crippen LogP contribution in [0.15, 0.2) is 0 Å². The molecule has 2 aliphatic heterocycles. The van der Waals surface area contributed by atoms with Crippen molar-refractivity contribution >= 4 is 15.8 Å². The second-order valence-electron chi connectivity index (χ2n) is 6.30. The lowest BCUT2D eigenvalue weighted by molar-refractivity contribution is 0.122. The lowest BCUT2D eigenvalue weighted by Crippen LogP contribution is -2.43. The van der Waals surface area contributed by atoms with Crippen molar-refractivity contribution in [2.45, 2.75) is 39.0 Å². The minimum atomic E-state index is -3.27. The van der Waals surface area contributed by atoms with Crippen molar-refractivity contribution in [2.24, 2.45) is 0 Å². The fraction of sp³-hybridized carbons (Fsp3) is 0.733. The lowest BCUT2D eigenvalue weighted by Gasteiger charge is -2.34. The van der Waals surface area contributed by atoms with Gasteiger partial charge in [-0.2, -0.15) is 4.31 Å². The zero-order valence-electron chi connectivity index (χ0n) is 13.9. The van der Waals surface area contributed by atoms with Crippen LogP contribution in [0, 0.1) is 6.92 Å². The predicted molar refractivity (Wildman–Crippen MR) is 88.0 cm³/mol. The average molecular weight is 340 g/mol. The number of fused-ring (bicyclic) bond motifs is 1. The number of sulfonamides is 1. The summed E-state index contributed by atoms with van der Waals surface area (Å²) in [5.74, 6) is 1.62. The highest BCUT2D eigenvalue weighted by Gasteiger charge is 2.32. The molecule has 2 aliphatic rings. The van der Waals surface area contributed by atoms with E-state index in [1.807, 2.05) is 6.92 Å². The Morgan fingerprint density at radius 3 is 2.48 bits per heavy atom. The molecule has 0 spiro atoms. The number of hydrogen-bond donors (Lipinski definition) is 0. The molecule has 0 bridgehead atoms. The Labute approximate surface area is 137 Å². The Hall–Kier alpha value is -1.25. The Balaban J connectivity index is 1.97. The van der Waals surface area contributed by atoms with Crippen LogP contribution in [0.3, 0.4) is 0 Å². The number of aryl methyl sites for hydroxylation is 1. The van der Waals surface area contributed by atoms with Gasteiger partial charge in [-0.05, 0) is 20.8 Å². The van der Waals surface area contributed by atoms with Gasteiger partial charge in [0.1, 0.15) is 11.6 Å². The molecule has 0 amide bonds. The largest absolute Gasteiger partial charge is 0.378 e. The van der Waals surface area contributed by atoms with Gasteiger partial charge in [-0.1, -0.05) is 0 Å². The lowest BCUT2D eigenvalue weighted by atomic mass is 10.1. The standard InChI is InChI=1S/C15H24N4O3S/c1-11(2)23(20,21)19-5-4-14-13(10-19)15(17-12(3)16-14)18-6-8-22-9-7-18/h11H,4-10H2,1-3H3. The summed E-state index contributed by atoms with van der Waals surface area (Å²) in [5, 5.41) is -0.415. The highest BCUT2D eigenvalue weighted by Crippen LogP contribution is 2.29. The molecule has 1 aromatic heterocycles. The molecule has 0 aliphatic carbocycles. The van der Waals surface area contributed by atoms with E-state index in [1.54, 1.807) is 18.2 Å². The van der Waals surface area contributed by atoms with E-state index >= 15 is 0 Å². The summed E-state index contributed by atoms with van der Waals surface area (Å²) in [6.45, 7) is 9.09. The van der Waals surface area contributed by atoms with Crippen LogP contribution in [0.1, 0.15) is 30.9 Å². The van der Waals surface area contributed by atoms with Crippen molar-refractivity contribution in [3.63, 3.8) is 0 Å². The van der Waals surface area contributed by atoms with E-state index in [-0.39, 0.29) is 0 Å². The first-order valence-electron chi connectivity index (χ1n) is 8.07. The van der Waals surface area contributed by atoms with E-state index in [0.717, 1.165) is 36.0 Å². The summed E-state index contributed by atoms with van der Waals surface area (Å²) in [6.07, 6.45) is 0.641. The molecule has 0 aromatic carbocycles. The van der Waals surface area contributed by atoms with Crippen molar-refractivity contribution in [3.05, 3.63) is 17.1 Å². The fourth-order valence-corrected chi connectivity index (χ4v) is 4.30. The molecule has 1 saturated heterocycles. The highest BCUT2D eigenvalue weighted by molar-refractivity contribution is 7.89. The van der Waals surface area contributed by atoms with Gasteiger partial charge in [-0.3, -0.25) is 0 Å². The van der Waals surface area contributed by atoms with Crippen LogP contribution in [-0.4, -0.2) is 60.8 Å². The van der Waals surface area contributed by atoms with Crippen LogP contribution < -0.4 is 4.90 Å². The topological polar surface area (TPSA) is 75.6 Å². The van der Waals surface area contributed by atoms with Gasteiger partial charge in [0, 0.05) is 38.2 Å². The first-order valence-corrected chi connectivity index (χ1v) is 9.58. The SMILES string of the molecule is Cc1nc2c(c(N3CCOCC3)n1)CN(S(=O)(=O)C(C)C)CC2. The maximum Gasteiger partial charge on any atom is 0.216 e. The number of hydrogen-bond acceptors (Lipinski definition) is 6. The Bertz CT molecular complexity index is 684. The number of anilines is 1. The number of ether oxygens (including phenoxy) is 1. The summed E-state index contributed by atoms with van der Waals surface area (Å²) in [4.78, 5) is 11.3. The van der Waals surface area contributed by atoms with Gasteiger partial charge in [-0.15, -0.1) is 0 Å². The molecule has 0 atom stereocenters. The monoisotopic (exact) mass is 340 g/mol. The maximum absolute atomic E-state index is 12.5. The summed E-state index contributed by atoms with van der Waals surface area (Å²) >= 11 is 0. The third-order valence-corrected chi connectivity index (χ3v) is 6.60. The summed E-state index contributed by atoms with van der Waals surface area (Å²) in [7, 11) is -3.27. The third-order valence-electron chi connectivity index (χ3n) is 4.38. The maximum atomic E-state index is 12.5. The number of morpholine rings is 1. The minimum Gasteiger partial charge on any atom is -0.378 e. The zero-order valence-corrected chi connectivity index (χ0v) is 14.8. The molecule has 0 radical (unpaired) electrons. The Kier molecular flexibility index (Phi) is 4.57. The van der Waals surface area contributed by atoms with Crippen LogP contribution in [0.25, 0.3) is 0 Å². The molecule has 0 N–H and O–H groups in total. The number of nitrogens with zero attached hydrogens (tertiary/aromatic N) is 4.